The minimum absolute atomic E-state index is 0.249. The van der Waals surface area contributed by atoms with Gasteiger partial charge in [0.05, 0.1) is 5.02 Å². The molecule has 0 radical (unpaired) electrons. The van der Waals surface area contributed by atoms with Crippen molar-refractivity contribution in [2.45, 2.75) is 0 Å². The third-order valence-electron chi connectivity index (χ3n) is 2.06. The Morgan fingerprint density at radius 3 is 2.47 bits per heavy atom. The number of halogens is 2. The molecule has 2 rings (SSSR count). The van der Waals surface area contributed by atoms with Crippen LogP contribution in [-0.4, -0.2) is 10.9 Å². The number of nitrogens with one attached hydrogen (secondary N) is 1. The number of carbonyl (C=O) groups excluding carboxylic acids is 1. The van der Waals surface area contributed by atoms with E-state index in [2.05, 4.69) is 10.3 Å². The largest absolute Gasteiger partial charge is 0.321 e. The van der Waals surface area contributed by atoms with Gasteiger partial charge in [0.2, 0.25) is 0 Å². The number of hydrogen-bond acceptors (Lipinski definition) is 2. The molecule has 0 bridgehead atoms. The van der Waals surface area contributed by atoms with Crippen molar-refractivity contribution in [2.24, 2.45) is 0 Å². The fraction of sp³-hybridized carbons (Fsp3) is 0. The first-order chi connectivity index (χ1) is 8.15. The Morgan fingerprint density at radius 2 is 1.88 bits per heavy atom. The maximum Gasteiger partial charge on any atom is 0.274 e. The number of pyridine rings is 1. The van der Waals surface area contributed by atoms with Crippen molar-refractivity contribution in [3.05, 3.63) is 59.1 Å². The standard InChI is InChI=1S/C12H8ClFN2O/c13-8-1-6-11(15-7-8)12(17)16-10-4-2-9(14)3-5-10/h1-7H,(H,16,17). The first-order valence-electron chi connectivity index (χ1n) is 4.83. The monoisotopic (exact) mass is 250 g/mol. The summed E-state index contributed by atoms with van der Waals surface area (Å²) >= 11 is 5.66. The van der Waals surface area contributed by atoms with E-state index in [-0.39, 0.29) is 17.4 Å². The van der Waals surface area contributed by atoms with Gasteiger partial charge in [0.15, 0.2) is 0 Å². The topological polar surface area (TPSA) is 42.0 Å². The fourth-order valence-corrected chi connectivity index (χ4v) is 1.35. The molecule has 1 aromatic carbocycles. The van der Waals surface area contributed by atoms with Gasteiger partial charge in [-0.3, -0.25) is 4.79 Å². The maximum atomic E-state index is 12.7. The second-order valence-corrected chi connectivity index (χ2v) is 3.76. The van der Waals surface area contributed by atoms with Gasteiger partial charge in [-0.25, -0.2) is 9.37 Å². The van der Waals surface area contributed by atoms with Crippen LogP contribution in [0.4, 0.5) is 10.1 Å². The highest BCUT2D eigenvalue weighted by atomic mass is 35.5. The predicted molar refractivity (Wildman–Crippen MR) is 63.6 cm³/mol. The zero-order valence-corrected chi connectivity index (χ0v) is 9.41. The normalized spacial score (nSPS) is 10.0. The molecule has 3 nitrogen and oxygen atoms in total. The molecule has 0 saturated heterocycles. The highest BCUT2D eigenvalue weighted by Gasteiger charge is 2.07. The van der Waals surface area contributed by atoms with Gasteiger partial charge >= 0.3 is 0 Å². The van der Waals surface area contributed by atoms with Crippen molar-refractivity contribution >= 4 is 23.2 Å². The van der Waals surface area contributed by atoms with Crippen LogP contribution in [0.5, 0.6) is 0 Å². The molecule has 1 amide bonds. The van der Waals surface area contributed by atoms with Crippen LogP contribution in [0.3, 0.4) is 0 Å². The molecule has 86 valence electrons. The van der Waals surface area contributed by atoms with Gasteiger partial charge in [0.25, 0.3) is 5.91 Å². The Kier molecular flexibility index (Phi) is 3.35. The lowest BCUT2D eigenvalue weighted by molar-refractivity contribution is 0.102. The molecule has 17 heavy (non-hydrogen) atoms. The number of hydrogen-bond donors (Lipinski definition) is 1. The van der Waals surface area contributed by atoms with Crippen molar-refractivity contribution < 1.29 is 9.18 Å². The van der Waals surface area contributed by atoms with Crippen LogP contribution in [0.15, 0.2) is 42.6 Å². The van der Waals surface area contributed by atoms with Crippen LogP contribution in [0.2, 0.25) is 5.02 Å². The maximum absolute atomic E-state index is 12.7. The summed E-state index contributed by atoms with van der Waals surface area (Å²) in [6.07, 6.45) is 1.39. The Hall–Kier alpha value is -1.94. The minimum Gasteiger partial charge on any atom is -0.321 e. The number of carbonyl (C=O) groups is 1. The molecule has 0 spiro atoms. The van der Waals surface area contributed by atoms with Gasteiger partial charge in [-0.2, -0.15) is 0 Å². The quantitative estimate of drug-likeness (QED) is 0.890. The molecule has 2 aromatic rings. The first kappa shape index (κ1) is 11.5. The molecule has 1 N–H and O–H groups in total. The SMILES string of the molecule is O=C(Nc1ccc(F)cc1)c1ccc(Cl)cn1. The summed E-state index contributed by atoms with van der Waals surface area (Å²) in [6, 6.07) is 8.58. The van der Waals surface area contributed by atoms with E-state index in [1.165, 1.54) is 36.5 Å². The van der Waals surface area contributed by atoms with Crippen LogP contribution in [0.1, 0.15) is 10.5 Å². The fourth-order valence-electron chi connectivity index (χ4n) is 1.24. The Morgan fingerprint density at radius 1 is 1.18 bits per heavy atom. The molecule has 0 fully saturated rings. The van der Waals surface area contributed by atoms with E-state index in [4.69, 9.17) is 11.6 Å². The van der Waals surface area contributed by atoms with Gasteiger partial charge in [-0.15, -0.1) is 0 Å². The summed E-state index contributed by atoms with van der Waals surface area (Å²) in [7, 11) is 0. The van der Waals surface area contributed by atoms with E-state index in [1.54, 1.807) is 6.07 Å². The molecule has 0 unspecified atom stereocenters. The van der Waals surface area contributed by atoms with E-state index < -0.39 is 0 Å². The predicted octanol–water partition coefficient (Wildman–Crippen LogP) is 3.13. The number of amides is 1. The van der Waals surface area contributed by atoms with E-state index >= 15 is 0 Å². The molecule has 0 aliphatic rings. The molecule has 0 atom stereocenters. The van der Waals surface area contributed by atoms with Crippen molar-refractivity contribution in [2.75, 3.05) is 5.32 Å². The number of anilines is 1. The minimum atomic E-state index is -0.367. The lowest BCUT2D eigenvalue weighted by atomic mass is 10.3. The molecule has 0 saturated carbocycles. The zero-order valence-electron chi connectivity index (χ0n) is 8.65. The third kappa shape index (κ3) is 3.01. The van der Waals surface area contributed by atoms with Crippen molar-refractivity contribution in [1.82, 2.24) is 4.98 Å². The lowest BCUT2D eigenvalue weighted by Crippen LogP contribution is -2.13. The number of nitrogens with zero attached hydrogens (tertiary/aromatic N) is 1. The summed E-state index contributed by atoms with van der Waals surface area (Å²) < 4.78 is 12.7. The van der Waals surface area contributed by atoms with Crippen molar-refractivity contribution in [3.8, 4) is 0 Å². The summed E-state index contributed by atoms with van der Waals surface area (Å²) in [6.45, 7) is 0. The summed E-state index contributed by atoms with van der Waals surface area (Å²) in [5.41, 5.74) is 0.756. The molecule has 5 heteroatoms. The average molecular weight is 251 g/mol. The smallest absolute Gasteiger partial charge is 0.274 e. The highest BCUT2D eigenvalue weighted by Crippen LogP contribution is 2.11. The first-order valence-corrected chi connectivity index (χ1v) is 5.21. The van der Waals surface area contributed by atoms with Crippen molar-refractivity contribution in [3.63, 3.8) is 0 Å². The lowest BCUT2D eigenvalue weighted by Gasteiger charge is -2.04. The van der Waals surface area contributed by atoms with Gasteiger partial charge in [-0.1, -0.05) is 11.6 Å². The van der Waals surface area contributed by atoms with Crippen molar-refractivity contribution in [1.29, 1.82) is 0 Å². The Bertz CT molecular complexity index is 525. The van der Waals surface area contributed by atoms with E-state index in [9.17, 15) is 9.18 Å². The van der Waals surface area contributed by atoms with Gasteiger partial charge in [0, 0.05) is 11.9 Å². The molecule has 0 aliphatic heterocycles. The van der Waals surface area contributed by atoms with E-state index in [1.807, 2.05) is 0 Å². The molecule has 1 heterocycles. The molecular formula is C12H8ClFN2O. The highest BCUT2D eigenvalue weighted by molar-refractivity contribution is 6.30. The van der Waals surface area contributed by atoms with Gasteiger partial charge < -0.3 is 5.32 Å². The molecular weight excluding hydrogens is 243 g/mol. The number of benzene rings is 1. The number of rotatable bonds is 2. The summed E-state index contributed by atoms with van der Waals surface area (Å²) in [5.74, 6) is -0.721. The molecule has 1 aromatic heterocycles. The second-order valence-electron chi connectivity index (χ2n) is 3.32. The molecule has 0 aliphatic carbocycles. The zero-order chi connectivity index (χ0) is 12.3. The summed E-state index contributed by atoms with van der Waals surface area (Å²) in [5, 5.41) is 3.06. The number of aromatic nitrogens is 1. The Balaban J connectivity index is 2.11. The van der Waals surface area contributed by atoms with Crippen LogP contribution in [0, 0.1) is 5.82 Å². The van der Waals surface area contributed by atoms with Crippen LogP contribution < -0.4 is 5.32 Å². The van der Waals surface area contributed by atoms with E-state index in [0.29, 0.717) is 10.7 Å². The summed E-state index contributed by atoms with van der Waals surface area (Å²) in [4.78, 5) is 15.6. The van der Waals surface area contributed by atoms with Crippen LogP contribution in [0.25, 0.3) is 0 Å². The Labute approximate surface area is 102 Å². The average Bonchev–Trinajstić information content (AvgIpc) is 2.33. The van der Waals surface area contributed by atoms with E-state index in [0.717, 1.165) is 0 Å². The second kappa shape index (κ2) is 4.93. The van der Waals surface area contributed by atoms with Gasteiger partial charge in [-0.05, 0) is 36.4 Å². The van der Waals surface area contributed by atoms with Crippen LogP contribution in [-0.2, 0) is 0 Å². The van der Waals surface area contributed by atoms with Gasteiger partial charge in [0.1, 0.15) is 11.5 Å². The third-order valence-corrected chi connectivity index (χ3v) is 2.29. The van der Waals surface area contributed by atoms with Crippen LogP contribution >= 0.6 is 11.6 Å².